The molecule has 2 heterocycles. The first-order valence-corrected chi connectivity index (χ1v) is 7.57. The van der Waals surface area contributed by atoms with Gasteiger partial charge in [-0.1, -0.05) is 42.5 Å². The van der Waals surface area contributed by atoms with Gasteiger partial charge in [0.15, 0.2) is 6.21 Å². The molecule has 0 bridgehead atoms. The predicted molar refractivity (Wildman–Crippen MR) is 91.0 cm³/mol. The maximum atomic E-state index is 2.34. The summed E-state index contributed by atoms with van der Waals surface area (Å²) < 4.78 is 4.64. The fraction of sp³-hybridized carbons (Fsp3) is 0.0500. The number of para-hydroxylation sites is 1. The van der Waals surface area contributed by atoms with Crippen molar-refractivity contribution in [2.24, 2.45) is 0 Å². The Labute approximate surface area is 128 Å². The lowest BCUT2D eigenvalue weighted by atomic mass is 10.0. The van der Waals surface area contributed by atoms with E-state index in [0.717, 1.165) is 6.67 Å². The van der Waals surface area contributed by atoms with Crippen molar-refractivity contribution in [1.82, 2.24) is 4.57 Å². The minimum absolute atomic E-state index is 0.860. The van der Waals surface area contributed by atoms with Crippen LogP contribution in [0.5, 0.6) is 0 Å². The Morgan fingerprint density at radius 2 is 1.64 bits per heavy atom. The summed E-state index contributed by atoms with van der Waals surface area (Å²) in [7, 11) is 0. The van der Waals surface area contributed by atoms with Gasteiger partial charge in [0.25, 0.3) is 0 Å². The van der Waals surface area contributed by atoms with E-state index in [1.54, 1.807) is 0 Å². The second-order valence-corrected chi connectivity index (χ2v) is 5.81. The molecule has 104 valence electrons. The molecule has 0 unspecified atom stereocenters. The van der Waals surface area contributed by atoms with E-state index in [0.29, 0.717) is 0 Å². The van der Waals surface area contributed by atoms with Crippen LogP contribution in [0.4, 0.5) is 5.69 Å². The lowest BCUT2D eigenvalue weighted by Crippen LogP contribution is -2.18. The normalized spacial score (nSPS) is 13.5. The van der Waals surface area contributed by atoms with Gasteiger partial charge in [-0.05, 0) is 22.9 Å². The molecule has 3 aromatic carbocycles. The van der Waals surface area contributed by atoms with Crippen LogP contribution in [0, 0.1) is 0 Å². The van der Waals surface area contributed by atoms with Crippen molar-refractivity contribution in [2.45, 2.75) is 6.67 Å². The largest absolute Gasteiger partial charge is 0.291 e. The number of fused-ring (bicyclic) bond motifs is 2. The third kappa shape index (κ3) is 1.58. The van der Waals surface area contributed by atoms with Crippen molar-refractivity contribution in [3.63, 3.8) is 0 Å². The summed E-state index contributed by atoms with van der Waals surface area (Å²) >= 11 is 0. The molecule has 1 aliphatic heterocycles. The Hall–Kier alpha value is -2.87. The summed E-state index contributed by atoms with van der Waals surface area (Å²) in [6.07, 6.45) is 4.47. The van der Waals surface area contributed by atoms with Gasteiger partial charge in [0.1, 0.15) is 0 Å². The molecule has 0 aliphatic carbocycles. The molecule has 0 spiro atoms. The number of benzene rings is 3. The Balaban J connectivity index is 1.83. The van der Waals surface area contributed by atoms with Crippen molar-refractivity contribution >= 4 is 33.6 Å². The summed E-state index contributed by atoms with van der Waals surface area (Å²) in [5.41, 5.74) is 3.85. The average molecular weight is 283 g/mol. The quantitative estimate of drug-likeness (QED) is 0.454. The van der Waals surface area contributed by atoms with Gasteiger partial charge >= 0.3 is 0 Å². The van der Waals surface area contributed by atoms with Gasteiger partial charge in [0.05, 0.1) is 11.1 Å². The lowest BCUT2D eigenvalue weighted by Gasteiger charge is -2.13. The third-order valence-corrected chi connectivity index (χ3v) is 4.49. The first kappa shape index (κ1) is 11.8. The van der Waals surface area contributed by atoms with E-state index < -0.39 is 0 Å². The molecular weight excluding hydrogens is 268 g/mol. The summed E-state index contributed by atoms with van der Waals surface area (Å²) in [5.74, 6) is 0. The Morgan fingerprint density at radius 3 is 2.55 bits per heavy atom. The van der Waals surface area contributed by atoms with E-state index >= 15 is 0 Å². The van der Waals surface area contributed by atoms with E-state index in [4.69, 9.17) is 0 Å². The number of hydrogen-bond donors (Lipinski definition) is 0. The van der Waals surface area contributed by atoms with Crippen LogP contribution in [0.25, 0.3) is 21.7 Å². The van der Waals surface area contributed by atoms with Gasteiger partial charge in [-0.15, -0.1) is 0 Å². The van der Waals surface area contributed by atoms with Crippen LogP contribution in [-0.4, -0.2) is 15.4 Å². The van der Waals surface area contributed by atoms with Gasteiger partial charge in [0, 0.05) is 23.7 Å². The highest BCUT2D eigenvalue weighted by Gasteiger charge is 2.21. The molecule has 22 heavy (non-hydrogen) atoms. The fourth-order valence-electron chi connectivity index (χ4n) is 3.48. The topological polar surface area (TPSA) is 7.94 Å². The SMILES string of the molecule is C1=[N+](c2ccccc2)Cn2ccc3c4ccccc4cc1c32. The number of rotatable bonds is 1. The minimum atomic E-state index is 0.860. The number of aromatic nitrogens is 1. The lowest BCUT2D eigenvalue weighted by molar-refractivity contribution is -0.471. The second kappa shape index (κ2) is 4.31. The molecular formula is C20H15N2+. The highest BCUT2D eigenvalue weighted by Crippen LogP contribution is 2.31. The molecule has 2 heteroatoms. The highest BCUT2D eigenvalue weighted by molar-refractivity contribution is 6.13. The van der Waals surface area contributed by atoms with Crippen molar-refractivity contribution in [3.05, 3.63) is 78.5 Å². The number of nitrogens with zero attached hydrogens (tertiary/aromatic N) is 2. The zero-order chi connectivity index (χ0) is 14.5. The van der Waals surface area contributed by atoms with Gasteiger partial charge in [0.2, 0.25) is 12.4 Å². The van der Waals surface area contributed by atoms with Gasteiger partial charge in [-0.3, -0.25) is 4.57 Å². The molecule has 4 aromatic rings. The molecule has 0 saturated carbocycles. The smallest absolute Gasteiger partial charge is 0.228 e. The van der Waals surface area contributed by atoms with E-state index in [2.05, 4.69) is 88.3 Å². The Morgan fingerprint density at radius 1 is 0.818 bits per heavy atom. The van der Waals surface area contributed by atoms with Crippen LogP contribution in [0.1, 0.15) is 5.56 Å². The Kier molecular flexibility index (Phi) is 2.30. The first-order valence-electron chi connectivity index (χ1n) is 7.57. The van der Waals surface area contributed by atoms with Crippen LogP contribution in [-0.2, 0) is 6.67 Å². The molecule has 0 radical (unpaired) electrons. The maximum absolute atomic E-state index is 2.34. The van der Waals surface area contributed by atoms with Crippen molar-refractivity contribution in [2.75, 3.05) is 0 Å². The van der Waals surface area contributed by atoms with Gasteiger partial charge < -0.3 is 0 Å². The van der Waals surface area contributed by atoms with E-state index in [1.807, 2.05) is 0 Å². The standard InChI is InChI=1S/C20H15N2/c1-2-7-17(8-3-1)22-13-16-12-15-6-4-5-9-18(15)19-10-11-21(14-22)20(16)19/h1-13H,14H2/q+1. The molecule has 0 N–H and O–H groups in total. The molecule has 5 rings (SSSR count). The summed E-state index contributed by atoms with van der Waals surface area (Å²) in [4.78, 5) is 0. The molecule has 0 saturated heterocycles. The molecule has 0 atom stereocenters. The molecule has 1 aromatic heterocycles. The van der Waals surface area contributed by atoms with E-state index in [-0.39, 0.29) is 0 Å². The maximum Gasteiger partial charge on any atom is 0.228 e. The highest BCUT2D eigenvalue weighted by atomic mass is 15.2. The third-order valence-electron chi connectivity index (χ3n) is 4.49. The summed E-state index contributed by atoms with van der Waals surface area (Å²) in [5, 5.41) is 3.98. The van der Waals surface area contributed by atoms with E-state index in [1.165, 1.54) is 32.9 Å². The van der Waals surface area contributed by atoms with Crippen LogP contribution < -0.4 is 0 Å². The number of hydrogen-bond acceptors (Lipinski definition) is 0. The summed E-state index contributed by atoms with van der Waals surface area (Å²) in [6.45, 7) is 0.860. The predicted octanol–water partition coefficient (Wildman–Crippen LogP) is 4.53. The van der Waals surface area contributed by atoms with E-state index in [9.17, 15) is 0 Å². The zero-order valence-corrected chi connectivity index (χ0v) is 12.1. The first-order chi connectivity index (χ1) is 10.9. The van der Waals surface area contributed by atoms with Crippen LogP contribution in [0.15, 0.2) is 72.9 Å². The fourth-order valence-corrected chi connectivity index (χ4v) is 3.48. The van der Waals surface area contributed by atoms with Crippen molar-refractivity contribution in [3.8, 4) is 0 Å². The van der Waals surface area contributed by atoms with Crippen molar-refractivity contribution < 1.29 is 4.58 Å². The monoisotopic (exact) mass is 283 g/mol. The summed E-state index contributed by atoms with van der Waals surface area (Å²) in [6, 6.07) is 23.7. The van der Waals surface area contributed by atoms with Gasteiger partial charge in [-0.2, -0.15) is 4.58 Å². The second-order valence-electron chi connectivity index (χ2n) is 5.81. The minimum Gasteiger partial charge on any atom is -0.291 e. The molecule has 0 amide bonds. The average Bonchev–Trinajstić information content (AvgIpc) is 3.01. The van der Waals surface area contributed by atoms with Crippen LogP contribution in [0.3, 0.4) is 0 Å². The van der Waals surface area contributed by atoms with Gasteiger partial charge in [-0.25, -0.2) is 0 Å². The van der Waals surface area contributed by atoms with Crippen molar-refractivity contribution in [1.29, 1.82) is 0 Å². The molecule has 0 fully saturated rings. The zero-order valence-electron chi connectivity index (χ0n) is 12.1. The van der Waals surface area contributed by atoms with Crippen LogP contribution >= 0.6 is 0 Å². The molecule has 1 aliphatic rings. The molecule has 2 nitrogen and oxygen atoms in total. The van der Waals surface area contributed by atoms with Crippen LogP contribution in [0.2, 0.25) is 0 Å². The Bertz CT molecular complexity index is 1040.